The predicted octanol–water partition coefficient (Wildman–Crippen LogP) is 5.19. The first-order valence-corrected chi connectivity index (χ1v) is 10.3. The smallest absolute Gasteiger partial charge is 0.262 e. The number of urea groups is 1. The number of nitrogens with zero attached hydrogens (tertiary/aromatic N) is 1. The fourth-order valence-corrected chi connectivity index (χ4v) is 3.35. The summed E-state index contributed by atoms with van der Waals surface area (Å²) in [5.41, 5.74) is 1.73. The lowest BCUT2D eigenvalue weighted by Crippen LogP contribution is -2.39. The molecule has 0 fully saturated rings. The van der Waals surface area contributed by atoms with E-state index < -0.39 is 16.1 Å². The SMILES string of the molecule is O=C(NS(=O)(=O)/C=C/c1ccc(Cl)cc1)N(c1ccccc1)c1ccccc1. The predicted molar refractivity (Wildman–Crippen MR) is 113 cm³/mol. The lowest BCUT2D eigenvalue weighted by Gasteiger charge is -2.22. The molecule has 0 spiro atoms. The number of amides is 2. The molecule has 3 rings (SSSR count). The topological polar surface area (TPSA) is 66.5 Å². The Morgan fingerprint density at radius 2 is 1.32 bits per heavy atom. The number of carbonyl (C=O) groups is 1. The van der Waals surface area contributed by atoms with Crippen LogP contribution in [-0.4, -0.2) is 14.4 Å². The van der Waals surface area contributed by atoms with Crippen molar-refractivity contribution in [2.24, 2.45) is 0 Å². The highest BCUT2D eigenvalue weighted by Gasteiger charge is 2.21. The molecule has 0 unspecified atom stereocenters. The van der Waals surface area contributed by atoms with E-state index in [2.05, 4.69) is 4.72 Å². The van der Waals surface area contributed by atoms with Gasteiger partial charge in [-0.3, -0.25) is 4.90 Å². The molecule has 0 saturated heterocycles. The summed E-state index contributed by atoms with van der Waals surface area (Å²) < 4.78 is 26.8. The molecule has 2 amide bonds. The Labute approximate surface area is 168 Å². The number of benzene rings is 3. The van der Waals surface area contributed by atoms with Gasteiger partial charge in [-0.15, -0.1) is 0 Å². The Hall–Kier alpha value is -3.09. The van der Waals surface area contributed by atoms with Crippen LogP contribution in [0.4, 0.5) is 16.2 Å². The highest BCUT2D eigenvalue weighted by Crippen LogP contribution is 2.25. The first kappa shape index (κ1) is 19.7. The van der Waals surface area contributed by atoms with Gasteiger partial charge in [0.25, 0.3) is 10.0 Å². The third-order valence-electron chi connectivity index (χ3n) is 3.77. The van der Waals surface area contributed by atoms with E-state index in [-0.39, 0.29) is 0 Å². The van der Waals surface area contributed by atoms with Gasteiger partial charge >= 0.3 is 6.03 Å². The molecule has 0 aliphatic heterocycles. The molecule has 3 aromatic carbocycles. The van der Waals surface area contributed by atoms with Gasteiger partial charge in [0.2, 0.25) is 0 Å². The normalized spacial score (nSPS) is 11.3. The number of anilines is 2. The summed E-state index contributed by atoms with van der Waals surface area (Å²) >= 11 is 5.82. The Morgan fingerprint density at radius 1 is 0.821 bits per heavy atom. The Balaban J connectivity index is 1.84. The summed E-state index contributed by atoms with van der Waals surface area (Å²) in [6.07, 6.45) is 1.39. The molecular formula is C21H17ClN2O3S. The molecule has 1 N–H and O–H groups in total. The lowest BCUT2D eigenvalue weighted by molar-refractivity contribution is 0.253. The molecule has 0 aromatic heterocycles. The lowest BCUT2D eigenvalue weighted by atomic mass is 10.2. The maximum atomic E-state index is 12.8. The summed E-state index contributed by atoms with van der Waals surface area (Å²) in [5, 5.41) is 1.50. The van der Waals surface area contributed by atoms with Crippen molar-refractivity contribution in [2.75, 3.05) is 4.90 Å². The molecule has 0 bridgehead atoms. The molecule has 0 saturated carbocycles. The van der Waals surface area contributed by atoms with E-state index in [4.69, 9.17) is 11.6 Å². The minimum atomic E-state index is -4.00. The van der Waals surface area contributed by atoms with Crippen LogP contribution in [0.15, 0.2) is 90.3 Å². The number of halogens is 1. The van der Waals surface area contributed by atoms with Crippen LogP contribution in [0.2, 0.25) is 5.02 Å². The number of hydrogen-bond acceptors (Lipinski definition) is 3. The molecule has 5 nitrogen and oxygen atoms in total. The van der Waals surface area contributed by atoms with E-state index in [1.807, 2.05) is 12.1 Å². The second-order valence-corrected chi connectivity index (χ2v) is 7.82. The Morgan fingerprint density at radius 3 is 1.82 bits per heavy atom. The fourth-order valence-electron chi connectivity index (χ4n) is 2.48. The zero-order valence-electron chi connectivity index (χ0n) is 14.7. The molecule has 0 aliphatic rings. The van der Waals surface area contributed by atoms with Crippen molar-refractivity contribution < 1.29 is 13.2 Å². The minimum Gasteiger partial charge on any atom is -0.262 e. The average Bonchev–Trinajstić information content (AvgIpc) is 2.69. The van der Waals surface area contributed by atoms with Crippen LogP contribution in [0, 0.1) is 0 Å². The number of nitrogens with one attached hydrogen (secondary N) is 1. The number of hydrogen-bond donors (Lipinski definition) is 1. The van der Waals surface area contributed by atoms with Crippen LogP contribution in [-0.2, 0) is 10.0 Å². The van der Waals surface area contributed by atoms with Crippen LogP contribution >= 0.6 is 11.6 Å². The van der Waals surface area contributed by atoms with Gasteiger partial charge in [0.1, 0.15) is 0 Å². The third kappa shape index (κ3) is 5.22. The zero-order chi connectivity index (χ0) is 20.0. The second kappa shape index (κ2) is 8.73. The van der Waals surface area contributed by atoms with E-state index in [9.17, 15) is 13.2 Å². The highest BCUT2D eigenvalue weighted by molar-refractivity contribution is 7.93. The number of rotatable bonds is 5. The summed E-state index contributed by atoms with van der Waals surface area (Å²) in [5.74, 6) is 0. The molecule has 0 atom stereocenters. The molecule has 28 heavy (non-hydrogen) atoms. The van der Waals surface area contributed by atoms with Crippen molar-refractivity contribution in [3.05, 3.63) is 101 Å². The van der Waals surface area contributed by atoms with E-state index in [0.29, 0.717) is 22.0 Å². The first-order valence-electron chi connectivity index (χ1n) is 8.35. The van der Waals surface area contributed by atoms with Crippen molar-refractivity contribution in [3.63, 3.8) is 0 Å². The highest BCUT2D eigenvalue weighted by atomic mass is 35.5. The van der Waals surface area contributed by atoms with Crippen LogP contribution in [0.25, 0.3) is 6.08 Å². The van der Waals surface area contributed by atoms with E-state index in [1.165, 1.54) is 11.0 Å². The Bertz CT molecular complexity index is 1030. The van der Waals surface area contributed by atoms with Crippen molar-refractivity contribution >= 4 is 45.1 Å². The van der Waals surface area contributed by atoms with Crippen molar-refractivity contribution in [1.29, 1.82) is 0 Å². The van der Waals surface area contributed by atoms with Gasteiger partial charge in [-0.25, -0.2) is 17.9 Å². The third-order valence-corrected chi connectivity index (χ3v) is 4.98. The monoisotopic (exact) mass is 412 g/mol. The molecule has 0 radical (unpaired) electrons. The van der Waals surface area contributed by atoms with Crippen LogP contribution in [0.5, 0.6) is 0 Å². The summed E-state index contributed by atoms with van der Waals surface area (Å²) in [6.45, 7) is 0. The van der Waals surface area contributed by atoms with E-state index in [0.717, 1.165) is 5.41 Å². The van der Waals surface area contributed by atoms with E-state index in [1.54, 1.807) is 72.8 Å². The summed E-state index contributed by atoms with van der Waals surface area (Å²) in [7, 11) is -4.00. The van der Waals surface area contributed by atoms with Gasteiger partial charge in [0.15, 0.2) is 0 Å². The molecule has 142 valence electrons. The van der Waals surface area contributed by atoms with E-state index >= 15 is 0 Å². The zero-order valence-corrected chi connectivity index (χ0v) is 16.3. The van der Waals surface area contributed by atoms with Gasteiger partial charge < -0.3 is 0 Å². The van der Waals surface area contributed by atoms with Crippen molar-refractivity contribution in [1.82, 2.24) is 4.72 Å². The minimum absolute atomic E-state index is 0.545. The fraction of sp³-hybridized carbons (Fsp3) is 0. The van der Waals surface area contributed by atoms with Gasteiger partial charge in [-0.1, -0.05) is 60.1 Å². The largest absolute Gasteiger partial charge is 0.340 e. The summed E-state index contributed by atoms with van der Waals surface area (Å²) in [6, 6.07) is 23.5. The Kier molecular flexibility index (Phi) is 6.13. The molecule has 0 heterocycles. The quantitative estimate of drug-likeness (QED) is 0.627. The van der Waals surface area contributed by atoms with Gasteiger partial charge in [0.05, 0.1) is 16.8 Å². The number of para-hydroxylation sites is 2. The average molecular weight is 413 g/mol. The standard InChI is InChI=1S/C21H17ClN2O3S/c22-18-13-11-17(12-14-18)15-16-28(26,27)23-21(25)24(19-7-3-1-4-8-19)20-9-5-2-6-10-20/h1-16H,(H,23,25)/b16-15+. The number of carbonyl (C=O) groups excluding carboxylic acids is 1. The van der Waals surface area contributed by atoms with Crippen molar-refractivity contribution in [3.8, 4) is 0 Å². The van der Waals surface area contributed by atoms with Crippen LogP contribution in [0.1, 0.15) is 5.56 Å². The van der Waals surface area contributed by atoms with Gasteiger partial charge in [-0.2, -0.15) is 0 Å². The van der Waals surface area contributed by atoms with Crippen LogP contribution in [0.3, 0.4) is 0 Å². The molecular weight excluding hydrogens is 396 g/mol. The maximum Gasteiger partial charge on any atom is 0.340 e. The van der Waals surface area contributed by atoms with Gasteiger partial charge in [-0.05, 0) is 48.0 Å². The van der Waals surface area contributed by atoms with Gasteiger partial charge in [0, 0.05) is 5.02 Å². The number of sulfonamides is 1. The first-order chi connectivity index (χ1) is 13.4. The molecule has 3 aromatic rings. The summed E-state index contributed by atoms with van der Waals surface area (Å²) in [4.78, 5) is 14.1. The molecule has 0 aliphatic carbocycles. The second-order valence-electron chi connectivity index (χ2n) is 5.81. The maximum absolute atomic E-state index is 12.8. The van der Waals surface area contributed by atoms with Crippen LogP contribution < -0.4 is 9.62 Å². The molecule has 7 heteroatoms. The van der Waals surface area contributed by atoms with Crippen molar-refractivity contribution in [2.45, 2.75) is 0 Å².